The van der Waals surface area contributed by atoms with Gasteiger partial charge in [0, 0.05) is 54.1 Å². The Kier molecular flexibility index (Phi) is 10.0. The Morgan fingerprint density at radius 2 is 1.63 bits per heavy atom. The molecule has 2 spiro atoms. The number of ether oxygens (including phenoxy) is 1. The SMILES string of the molecule is O=C1CC[C@H](N2Cc3c(ccc4c3OCC43CCN(C(=O)CC4CCC(N5CCC(c6ccc7c(c6)C6(CCCCC6)c6nc(=O)c8c(Cl)cccc8n6-7)CC5)CC4)CC3)C2=O)C(=O)N1. The van der Waals surface area contributed by atoms with Crippen LogP contribution in [0.25, 0.3) is 16.6 Å². The Bertz CT molecular complexity index is 2720. The van der Waals surface area contributed by atoms with E-state index in [1.165, 1.54) is 17.5 Å². The largest absolute Gasteiger partial charge is 0.492 e. The van der Waals surface area contributed by atoms with Crippen molar-refractivity contribution in [1.82, 2.24) is 29.6 Å². The molecule has 3 aromatic carbocycles. The van der Waals surface area contributed by atoms with Crippen LogP contribution in [-0.4, -0.2) is 92.7 Å². The molecule has 1 atom stereocenters. The molecule has 8 aliphatic rings. The van der Waals surface area contributed by atoms with Gasteiger partial charge in [0.15, 0.2) is 0 Å². The number of piperidine rings is 3. The van der Waals surface area contributed by atoms with E-state index >= 15 is 0 Å². The molecule has 3 saturated heterocycles. The van der Waals surface area contributed by atoms with E-state index in [1.54, 1.807) is 11.0 Å². The first-order chi connectivity index (χ1) is 31.6. The summed E-state index contributed by atoms with van der Waals surface area (Å²) < 4.78 is 8.62. The van der Waals surface area contributed by atoms with Gasteiger partial charge in [-0.15, -0.1) is 0 Å². The quantitative estimate of drug-likeness (QED) is 0.205. The molecule has 4 amide bonds. The van der Waals surface area contributed by atoms with Gasteiger partial charge in [-0.1, -0.05) is 55.1 Å². The second-order valence-corrected chi connectivity index (χ2v) is 21.0. The Labute approximate surface area is 384 Å². The zero-order chi connectivity index (χ0) is 44.2. The highest BCUT2D eigenvalue weighted by Gasteiger charge is 2.49. The first-order valence-electron chi connectivity index (χ1n) is 24.4. The van der Waals surface area contributed by atoms with Crippen LogP contribution in [-0.2, 0) is 31.8 Å². The molecular formula is C52H57ClN6O6. The topological polar surface area (TPSA) is 134 Å². The number of aromatic nitrogens is 2. The molecule has 4 aromatic rings. The van der Waals surface area contributed by atoms with Crippen LogP contribution in [0.3, 0.4) is 0 Å². The number of carbonyl (C=O) groups is 4. The zero-order valence-corrected chi connectivity index (χ0v) is 37.8. The van der Waals surface area contributed by atoms with E-state index in [9.17, 15) is 24.0 Å². The second kappa shape index (κ2) is 15.8. The van der Waals surface area contributed by atoms with Crippen molar-refractivity contribution in [2.45, 2.75) is 138 Å². The fourth-order valence-electron chi connectivity index (χ4n) is 13.7. The predicted molar refractivity (Wildman–Crippen MR) is 246 cm³/mol. The third kappa shape index (κ3) is 6.61. The van der Waals surface area contributed by atoms with Crippen molar-refractivity contribution in [3.05, 3.63) is 97.5 Å². The number of likely N-dealkylation sites (tertiary alicyclic amines) is 2. The van der Waals surface area contributed by atoms with Gasteiger partial charge in [0.1, 0.15) is 17.6 Å². The van der Waals surface area contributed by atoms with Crippen LogP contribution in [0.15, 0.2) is 53.3 Å². The normalized spacial score (nSPS) is 26.0. The number of amides is 4. The third-order valence-corrected chi connectivity index (χ3v) is 17.7. The molecule has 12 rings (SSSR count). The van der Waals surface area contributed by atoms with Gasteiger partial charge >= 0.3 is 0 Å². The predicted octanol–water partition coefficient (Wildman–Crippen LogP) is 7.44. The van der Waals surface area contributed by atoms with Crippen molar-refractivity contribution < 1.29 is 23.9 Å². The summed E-state index contributed by atoms with van der Waals surface area (Å²) in [5.74, 6) is 1.98. The highest BCUT2D eigenvalue weighted by Crippen LogP contribution is 2.53. The van der Waals surface area contributed by atoms with E-state index in [4.69, 9.17) is 21.3 Å². The Morgan fingerprint density at radius 3 is 2.40 bits per heavy atom. The standard InChI is InChI=1S/C52H57ClN6O6/c53-39-5-4-6-41-45(39)48(63)55-50-52(19-2-1-3-20-52)38-28-33(9-14-40(38)59(41)50)32-17-23-56(24-18-32)34-10-7-31(8-11-34)27-44(61)57-25-21-51(22-26-57)30-65-46-36-29-58(42-15-16-43(60)54-47(42)62)49(64)35(36)12-13-37(46)51/h4-6,9,12-14,28,31-32,34,42H,1-3,7-8,10-11,15-27,29-30H2,(H,54,60,62)/t31?,34?,42-/m0/s1. The minimum Gasteiger partial charge on any atom is -0.492 e. The van der Waals surface area contributed by atoms with Crippen LogP contribution in [0.1, 0.15) is 147 Å². The number of nitrogens with one attached hydrogen (secondary N) is 1. The van der Waals surface area contributed by atoms with Crippen LogP contribution < -0.4 is 15.6 Å². The van der Waals surface area contributed by atoms with E-state index in [-0.39, 0.29) is 40.5 Å². The molecular weight excluding hydrogens is 840 g/mol. The number of benzene rings is 3. The van der Waals surface area contributed by atoms with Gasteiger partial charge in [-0.05, 0) is 131 Å². The van der Waals surface area contributed by atoms with Crippen molar-refractivity contribution in [1.29, 1.82) is 0 Å². The van der Waals surface area contributed by atoms with Crippen LogP contribution in [0, 0.1) is 5.92 Å². The lowest BCUT2D eigenvalue weighted by atomic mass is 9.69. The van der Waals surface area contributed by atoms with Crippen molar-refractivity contribution >= 4 is 46.1 Å². The third-order valence-electron chi connectivity index (χ3n) is 17.4. The second-order valence-electron chi connectivity index (χ2n) is 20.6. The Balaban J connectivity index is 0.646. The Hall–Kier alpha value is -5.07. The molecule has 1 aromatic heterocycles. The smallest absolute Gasteiger partial charge is 0.282 e. The van der Waals surface area contributed by atoms with Crippen LogP contribution >= 0.6 is 11.6 Å². The van der Waals surface area contributed by atoms with E-state index in [0.29, 0.717) is 72.9 Å². The fraction of sp³-hybridized carbons (Fsp3) is 0.538. The van der Waals surface area contributed by atoms with Crippen molar-refractivity contribution in [3.63, 3.8) is 0 Å². The monoisotopic (exact) mass is 896 g/mol. The maximum absolute atomic E-state index is 13.8. The molecule has 12 nitrogen and oxygen atoms in total. The number of hydrogen-bond acceptors (Lipinski definition) is 8. The summed E-state index contributed by atoms with van der Waals surface area (Å²) in [5.41, 5.74) is 6.66. The maximum atomic E-state index is 13.8. The minimum absolute atomic E-state index is 0.188. The number of halogens is 1. The molecule has 0 bridgehead atoms. The summed E-state index contributed by atoms with van der Waals surface area (Å²) >= 11 is 6.59. The molecule has 2 aliphatic carbocycles. The lowest BCUT2D eigenvalue weighted by Gasteiger charge is -2.42. The summed E-state index contributed by atoms with van der Waals surface area (Å²) in [7, 11) is 0. The summed E-state index contributed by atoms with van der Waals surface area (Å²) in [5, 5.41) is 3.35. The van der Waals surface area contributed by atoms with Crippen molar-refractivity contribution in [2.24, 2.45) is 5.92 Å². The van der Waals surface area contributed by atoms with Gasteiger partial charge in [-0.3, -0.25) is 33.9 Å². The fourth-order valence-corrected chi connectivity index (χ4v) is 14.0. The summed E-state index contributed by atoms with van der Waals surface area (Å²) in [6.45, 7) is 4.43. The number of rotatable bonds is 5. The highest BCUT2D eigenvalue weighted by molar-refractivity contribution is 6.35. The van der Waals surface area contributed by atoms with Crippen LogP contribution in [0.5, 0.6) is 5.75 Å². The molecule has 7 heterocycles. The van der Waals surface area contributed by atoms with Crippen molar-refractivity contribution in [2.75, 3.05) is 32.8 Å². The molecule has 6 aliphatic heterocycles. The molecule has 0 unspecified atom stereocenters. The molecule has 1 N–H and O–H groups in total. The van der Waals surface area contributed by atoms with Crippen molar-refractivity contribution in [3.8, 4) is 11.4 Å². The zero-order valence-electron chi connectivity index (χ0n) is 37.0. The number of imide groups is 1. The van der Waals surface area contributed by atoms with Crippen LogP contribution in [0.4, 0.5) is 0 Å². The van der Waals surface area contributed by atoms with E-state index in [1.807, 2.05) is 24.3 Å². The number of carbonyl (C=O) groups excluding carboxylic acids is 4. The average Bonchev–Trinajstić information content (AvgIpc) is 3.94. The van der Waals surface area contributed by atoms with E-state index in [0.717, 1.165) is 124 Å². The van der Waals surface area contributed by atoms with Gasteiger partial charge in [-0.25, -0.2) is 0 Å². The lowest BCUT2D eigenvalue weighted by Crippen LogP contribution is -2.52. The summed E-state index contributed by atoms with van der Waals surface area (Å²) in [6.07, 6.45) is 15.1. The number of fused-ring (bicyclic) bond motifs is 11. The molecule has 65 heavy (non-hydrogen) atoms. The lowest BCUT2D eigenvalue weighted by molar-refractivity contribution is -0.137. The van der Waals surface area contributed by atoms with E-state index in [2.05, 4.69) is 37.9 Å². The minimum atomic E-state index is -0.657. The van der Waals surface area contributed by atoms with Gasteiger partial charge in [0.05, 0.1) is 40.2 Å². The highest BCUT2D eigenvalue weighted by atomic mass is 35.5. The van der Waals surface area contributed by atoms with Gasteiger partial charge in [0.25, 0.3) is 11.5 Å². The summed E-state index contributed by atoms with van der Waals surface area (Å²) in [6, 6.07) is 16.7. The molecule has 338 valence electrons. The molecule has 5 fully saturated rings. The molecule has 13 heteroatoms. The first kappa shape index (κ1) is 41.4. The van der Waals surface area contributed by atoms with Gasteiger partial charge < -0.3 is 19.4 Å². The average molecular weight is 898 g/mol. The first-order valence-corrected chi connectivity index (χ1v) is 24.8. The number of hydrogen-bond donors (Lipinski definition) is 1. The maximum Gasteiger partial charge on any atom is 0.282 e. The molecule has 0 radical (unpaired) electrons. The Morgan fingerprint density at radius 1 is 0.846 bits per heavy atom. The molecule has 2 saturated carbocycles. The van der Waals surface area contributed by atoms with E-state index < -0.39 is 11.9 Å². The van der Waals surface area contributed by atoms with Gasteiger partial charge in [-0.2, -0.15) is 4.98 Å². The van der Waals surface area contributed by atoms with Gasteiger partial charge in [0.2, 0.25) is 17.7 Å². The van der Waals surface area contributed by atoms with Crippen LogP contribution in [0.2, 0.25) is 5.02 Å². The summed E-state index contributed by atoms with van der Waals surface area (Å²) in [4.78, 5) is 76.2. The number of nitrogens with zero attached hydrogens (tertiary/aromatic N) is 5.